The standard InChI is InChI=1S/C14H13Cl2N3S/c1-7-8(2)20-14-18-13(12(6-17)19(7)14)10-4-3-9(15)5-11(10)16/h3-5H,6,17H2,1-2H3. The first-order chi connectivity index (χ1) is 9.52. The van der Waals surface area contributed by atoms with Gasteiger partial charge in [0.05, 0.1) is 16.4 Å². The molecule has 104 valence electrons. The summed E-state index contributed by atoms with van der Waals surface area (Å²) in [5.41, 5.74) is 9.79. The third-order valence-electron chi connectivity index (χ3n) is 3.41. The normalized spacial score (nSPS) is 11.4. The van der Waals surface area contributed by atoms with Gasteiger partial charge in [0.2, 0.25) is 0 Å². The highest BCUT2D eigenvalue weighted by Gasteiger charge is 2.19. The number of benzene rings is 1. The van der Waals surface area contributed by atoms with E-state index in [0.717, 1.165) is 21.9 Å². The Balaban J connectivity index is 2.31. The van der Waals surface area contributed by atoms with Crippen LogP contribution < -0.4 is 5.73 Å². The summed E-state index contributed by atoms with van der Waals surface area (Å²) in [5, 5.41) is 1.20. The van der Waals surface area contributed by atoms with Crippen LogP contribution in [0.1, 0.15) is 16.3 Å². The molecule has 0 amide bonds. The molecular formula is C14H13Cl2N3S. The van der Waals surface area contributed by atoms with Crippen LogP contribution in [-0.4, -0.2) is 9.38 Å². The first kappa shape index (κ1) is 13.9. The predicted molar refractivity (Wildman–Crippen MR) is 85.9 cm³/mol. The van der Waals surface area contributed by atoms with Gasteiger partial charge in [-0.15, -0.1) is 11.3 Å². The van der Waals surface area contributed by atoms with Crippen LogP contribution in [0.5, 0.6) is 0 Å². The van der Waals surface area contributed by atoms with Gasteiger partial charge in [0.1, 0.15) is 0 Å². The van der Waals surface area contributed by atoms with E-state index in [1.807, 2.05) is 12.1 Å². The Morgan fingerprint density at radius 1 is 1.30 bits per heavy atom. The van der Waals surface area contributed by atoms with E-state index in [1.165, 1.54) is 10.6 Å². The third-order valence-corrected chi connectivity index (χ3v) is 5.02. The van der Waals surface area contributed by atoms with Crippen LogP contribution in [0.25, 0.3) is 16.2 Å². The van der Waals surface area contributed by atoms with Crippen molar-refractivity contribution in [1.29, 1.82) is 0 Å². The Morgan fingerprint density at radius 3 is 2.70 bits per heavy atom. The molecule has 0 unspecified atom stereocenters. The molecule has 0 aliphatic heterocycles. The van der Waals surface area contributed by atoms with E-state index < -0.39 is 0 Å². The molecule has 2 heterocycles. The molecule has 0 aliphatic rings. The molecule has 0 spiro atoms. The minimum absolute atomic E-state index is 0.409. The average Bonchev–Trinajstić information content (AvgIpc) is 2.87. The lowest BCUT2D eigenvalue weighted by Crippen LogP contribution is -2.03. The van der Waals surface area contributed by atoms with Gasteiger partial charge in [0.25, 0.3) is 0 Å². The van der Waals surface area contributed by atoms with Crippen LogP contribution in [-0.2, 0) is 6.54 Å². The Bertz CT molecular complexity index is 804. The van der Waals surface area contributed by atoms with Crippen LogP contribution in [0, 0.1) is 13.8 Å². The van der Waals surface area contributed by atoms with Crippen molar-refractivity contribution in [1.82, 2.24) is 9.38 Å². The lowest BCUT2D eigenvalue weighted by Gasteiger charge is -2.05. The molecule has 0 aliphatic carbocycles. The molecule has 20 heavy (non-hydrogen) atoms. The van der Waals surface area contributed by atoms with Crippen molar-refractivity contribution in [3.8, 4) is 11.3 Å². The summed E-state index contributed by atoms with van der Waals surface area (Å²) in [7, 11) is 0. The number of hydrogen-bond acceptors (Lipinski definition) is 3. The Kier molecular flexibility index (Phi) is 3.50. The van der Waals surface area contributed by atoms with Crippen LogP contribution in [0.15, 0.2) is 18.2 Å². The van der Waals surface area contributed by atoms with Crippen LogP contribution in [0.4, 0.5) is 0 Å². The van der Waals surface area contributed by atoms with Gasteiger partial charge < -0.3 is 5.73 Å². The van der Waals surface area contributed by atoms with Gasteiger partial charge in [0, 0.05) is 27.7 Å². The van der Waals surface area contributed by atoms with E-state index in [2.05, 4.69) is 18.2 Å². The number of hydrogen-bond donors (Lipinski definition) is 1. The van der Waals surface area contributed by atoms with E-state index in [1.54, 1.807) is 17.4 Å². The summed E-state index contributed by atoms with van der Waals surface area (Å²) in [5.74, 6) is 0. The fourth-order valence-electron chi connectivity index (χ4n) is 2.30. The van der Waals surface area contributed by atoms with Gasteiger partial charge in [-0.25, -0.2) is 4.98 Å². The number of thiazole rings is 1. The Labute approximate surface area is 131 Å². The summed E-state index contributed by atoms with van der Waals surface area (Å²) in [6.45, 7) is 4.57. The van der Waals surface area contributed by atoms with Gasteiger partial charge in [-0.3, -0.25) is 4.40 Å². The number of nitrogens with zero attached hydrogens (tertiary/aromatic N) is 2. The molecule has 0 atom stereocenters. The maximum atomic E-state index is 6.29. The second kappa shape index (κ2) is 5.04. The van der Waals surface area contributed by atoms with Crippen molar-refractivity contribution in [3.63, 3.8) is 0 Å². The zero-order valence-electron chi connectivity index (χ0n) is 11.1. The molecule has 2 aromatic heterocycles. The number of nitrogens with two attached hydrogens (primary N) is 1. The lowest BCUT2D eigenvalue weighted by atomic mass is 10.1. The number of rotatable bonds is 2. The van der Waals surface area contributed by atoms with Crippen LogP contribution in [0.3, 0.4) is 0 Å². The van der Waals surface area contributed by atoms with Crippen molar-refractivity contribution in [2.75, 3.05) is 0 Å². The zero-order valence-corrected chi connectivity index (χ0v) is 13.4. The zero-order chi connectivity index (χ0) is 14.4. The highest BCUT2D eigenvalue weighted by atomic mass is 35.5. The predicted octanol–water partition coefficient (Wildman–Crippen LogP) is 4.45. The maximum absolute atomic E-state index is 6.29. The molecule has 0 fully saturated rings. The molecule has 1 aromatic carbocycles. The maximum Gasteiger partial charge on any atom is 0.194 e. The molecule has 0 radical (unpaired) electrons. The van der Waals surface area contributed by atoms with Gasteiger partial charge >= 0.3 is 0 Å². The van der Waals surface area contributed by atoms with E-state index in [-0.39, 0.29) is 0 Å². The number of aromatic nitrogens is 2. The molecule has 3 rings (SSSR count). The number of fused-ring (bicyclic) bond motifs is 1. The number of aryl methyl sites for hydroxylation is 2. The smallest absolute Gasteiger partial charge is 0.194 e. The summed E-state index contributed by atoms with van der Waals surface area (Å²) >= 11 is 13.9. The molecule has 3 aromatic rings. The van der Waals surface area contributed by atoms with Crippen LogP contribution >= 0.6 is 34.5 Å². The third kappa shape index (κ3) is 2.04. The fourth-order valence-corrected chi connectivity index (χ4v) is 3.79. The van der Waals surface area contributed by atoms with E-state index >= 15 is 0 Å². The highest BCUT2D eigenvalue weighted by Crippen LogP contribution is 2.35. The first-order valence-corrected chi connectivity index (χ1v) is 7.73. The van der Waals surface area contributed by atoms with Crippen molar-refractivity contribution in [3.05, 3.63) is 44.5 Å². The molecule has 0 saturated carbocycles. The lowest BCUT2D eigenvalue weighted by molar-refractivity contribution is 0.941. The second-order valence-corrected chi connectivity index (χ2v) is 6.62. The SMILES string of the molecule is Cc1sc2nc(-c3ccc(Cl)cc3Cl)c(CN)n2c1C. The molecule has 2 N–H and O–H groups in total. The monoisotopic (exact) mass is 325 g/mol. The molecule has 0 saturated heterocycles. The van der Waals surface area contributed by atoms with Gasteiger partial charge in [-0.05, 0) is 32.0 Å². The number of imidazole rings is 1. The highest BCUT2D eigenvalue weighted by molar-refractivity contribution is 7.17. The summed E-state index contributed by atoms with van der Waals surface area (Å²) in [6.07, 6.45) is 0. The van der Waals surface area contributed by atoms with Gasteiger partial charge in [0.15, 0.2) is 4.96 Å². The quantitative estimate of drug-likeness (QED) is 0.756. The van der Waals surface area contributed by atoms with Crippen molar-refractivity contribution in [2.24, 2.45) is 5.73 Å². The molecule has 6 heteroatoms. The molecule has 3 nitrogen and oxygen atoms in total. The largest absolute Gasteiger partial charge is 0.325 e. The van der Waals surface area contributed by atoms with E-state index in [9.17, 15) is 0 Å². The van der Waals surface area contributed by atoms with E-state index in [4.69, 9.17) is 33.9 Å². The van der Waals surface area contributed by atoms with Gasteiger partial charge in [-0.1, -0.05) is 23.2 Å². The summed E-state index contributed by atoms with van der Waals surface area (Å²) in [4.78, 5) is 6.89. The van der Waals surface area contributed by atoms with Crippen molar-refractivity contribution in [2.45, 2.75) is 20.4 Å². The minimum atomic E-state index is 0.409. The summed E-state index contributed by atoms with van der Waals surface area (Å²) in [6, 6.07) is 5.43. The van der Waals surface area contributed by atoms with Gasteiger partial charge in [-0.2, -0.15) is 0 Å². The molecule has 0 bridgehead atoms. The first-order valence-electron chi connectivity index (χ1n) is 6.15. The van der Waals surface area contributed by atoms with Crippen molar-refractivity contribution < 1.29 is 0 Å². The van der Waals surface area contributed by atoms with Crippen molar-refractivity contribution >= 4 is 39.5 Å². The van der Waals surface area contributed by atoms with Crippen LogP contribution in [0.2, 0.25) is 10.0 Å². The topological polar surface area (TPSA) is 43.3 Å². The molecular weight excluding hydrogens is 313 g/mol. The average molecular weight is 326 g/mol. The Hall–Kier alpha value is -1.07. The Morgan fingerprint density at radius 2 is 2.05 bits per heavy atom. The fraction of sp³-hybridized carbons (Fsp3) is 0.214. The van der Waals surface area contributed by atoms with E-state index in [0.29, 0.717) is 16.6 Å². The second-order valence-electron chi connectivity index (χ2n) is 4.60. The minimum Gasteiger partial charge on any atom is -0.325 e. The number of halogens is 2. The summed E-state index contributed by atoms with van der Waals surface area (Å²) < 4.78 is 2.11.